The number of carbonyl (C=O) groups excluding carboxylic acids is 1. The smallest absolute Gasteiger partial charge is 0.286 e. The van der Waals surface area contributed by atoms with Gasteiger partial charge in [-0.25, -0.2) is 9.79 Å². The van der Waals surface area contributed by atoms with Crippen LogP contribution >= 0.6 is 0 Å². The van der Waals surface area contributed by atoms with E-state index in [2.05, 4.69) is 25.8 Å². The van der Waals surface area contributed by atoms with Crippen molar-refractivity contribution in [3.8, 4) is 6.26 Å². The standard InChI is InChI=1S/C14H22N2O2/c1-13(2)6-4-7-14(3,12(13)18-10-15)8-5-9-16-11-17/h12H,4-9H2,1-3H3. The number of rotatable bonds is 5. The summed E-state index contributed by atoms with van der Waals surface area (Å²) in [5.41, 5.74) is 0.0204. The molecule has 0 aromatic rings. The van der Waals surface area contributed by atoms with Crippen molar-refractivity contribution in [2.24, 2.45) is 15.8 Å². The van der Waals surface area contributed by atoms with Crippen LogP contribution in [0.15, 0.2) is 4.99 Å². The van der Waals surface area contributed by atoms with Gasteiger partial charge in [-0.05, 0) is 25.7 Å². The van der Waals surface area contributed by atoms with Crippen LogP contribution in [0.1, 0.15) is 52.9 Å². The van der Waals surface area contributed by atoms with Crippen molar-refractivity contribution in [1.82, 2.24) is 0 Å². The highest BCUT2D eigenvalue weighted by atomic mass is 16.5. The van der Waals surface area contributed by atoms with E-state index < -0.39 is 0 Å². The van der Waals surface area contributed by atoms with E-state index in [0.717, 1.165) is 32.1 Å². The second-order valence-corrected chi connectivity index (χ2v) is 6.16. The third-order valence-corrected chi connectivity index (χ3v) is 4.16. The van der Waals surface area contributed by atoms with Gasteiger partial charge in [0.2, 0.25) is 6.08 Å². The van der Waals surface area contributed by atoms with Gasteiger partial charge in [0, 0.05) is 10.8 Å². The average molecular weight is 250 g/mol. The normalized spacial score (nSPS) is 30.0. The van der Waals surface area contributed by atoms with Gasteiger partial charge < -0.3 is 4.74 Å². The van der Waals surface area contributed by atoms with Crippen LogP contribution in [0.4, 0.5) is 0 Å². The molecule has 1 aliphatic rings. The van der Waals surface area contributed by atoms with E-state index in [-0.39, 0.29) is 16.9 Å². The summed E-state index contributed by atoms with van der Waals surface area (Å²) in [6.07, 6.45) is 8.45. The molecule has 2 unspecified atom stereocenters. The third kappa shape index (κ3) is 3.34. The number of aliphatic imine (C=N–C) groups is 1. The lowest BCUT2D eigenvalue weighted by Crippen LogP contribution is -2.48. The number of hydrogen-bond acceptors (Lipinski definition) is 4. The van der Waals surface area contributed by atoms with Crippen molar-refractivity contribution >= 4 is 6.08 Å². The number of hydrogen-bond donors (Lipinski definition) is 0. The van der Waals surface area contributed by atoms with E-state index in [1.54, 1.807) is 6.08 Å². The molecule has 0 heterocycles. The molecule has 0 N–H and O–H groups in total. The summed E-state index contributed by atoms with van der Waals surface area (Å²) in [6.45, 7) is 7.02. The van der Waals surface area contributed by atoms with Crippen LogP contribution in [-0.2, 0) is 9.53 Å². The molecule has 2 atom stereocenters. The Morgan fingerprint density at radius 3 is 2.72 bits per heavy atom. The Kier molecular flexibility index (Phi) is 4.93. The molecule has 0 aromatic carbocycles. The lowest BCUT2D eigenvalue weighted by Gasteiger charge is -2.48. The van der Waals surface area contributed by atoms with Crippen LogP contribution in [0.25, 0.3) is 0 Å². The zero-order chi connectivity index (χ0) is 13.6. The lowest BCUT2D eigenvalue weighted by molar-refractivity contribution is -0.0887. The molecule has 0 bridgehead atoms. The van der Waals surface area contributed by atoms with Crippen molar-refractivity contribution in [3.05, 3.63) is 0 Å². The fourth-order valence-electron chi connectivity index (χ4n) is 3.37. The summed E-state index contributed by atoms with van der Waals surface area (Å²) in [6, 6.07) is 0. The second-order valence-electron chi connectivity index (χ2n) is 6.16. The van der Waals surface area contributed by atoms with Crippen LogP contribution in [0.5, 0.6) is 0 Å². The van der Waals surface area contributed by atoms with E-state index in [4.69, 9.17) is 10.00 Å². The second kappa shape index (κ2) is 6.02. The summed E-state index contributed by atoms with van der Waals surface area (Å²) in [4.78, 5) is 13.6. The van der Waals surface area contributed by atoms with Crippen molar-refractivity contribution < 1.29 is 9.53 Å². The Morgan fingerprint density at radius 2 is 2.11 bits per heavy atom. The summed E-state index contributed by atoms with van der Waals surface area (Å²) in [5, 5.41) is 8.85. The molecule has 4 heteroatoms. The minimum Gasteiger partial charge on any atom is -0.423 e. The predicted octanol–water partition coefficient (Wildman–Crippen LogP) is 3.19. The topological polar surface area (TPSA) is 62.4 Å². The SMILES string of the molecule is CC1(C)CCCC(C)(CCCN=C=O)C1OC#N. The van der Waals surface area contributed by atoms with E-state index in [1.165, 1.54) is 0 Å². The maximum Gasteiger partial charge on any atom is 0.286 e. The van der Waals surface area contributed by atoms with Crippen molar-refractivity contribution in [1.29, 1.82) is 5.26 Å². The van der Waals surface area contributed by atoms with Gasteiger partial charge in [0.25, 0.3) is 6.26 Å². The highest BCUT2D eigenvalue weighted by molar-refractivity contribution is 5.32. The molecule has 0 amide bonds. The van der Waals surface area contributed by atoms with Crippen molar-refractivity contribution in [2.75, 3.05) is 6.54 Å². The molecule has 0 aromatic heterocycles. The van der Waals surface area contributed by atoms with E-state index in [1.807, 2.05) is 6.26 Å². The number of ether oxygens (including phenoxy) is 1. The maximum atomic E-state index is 10.0. The summed E-state index contributed by atoms with van der Waals surface area (Å²) in [7, 11) is 0. The Balaban J connectivity index is 2.74. The van der Waals surface area contributed by atoms with Crippen molar-refractivity contribution in [3.63, 3.8) is 0 Å². The molecule has 0 spiro atoms. The van der Waals surface area contributed by atoms with Gasteiger partial charge in [-0.1, -0.05) is 27.2 Å². The van der Waals surface area contributed by atoms with Gasteiger partial charge in [-0.15, -0.1) is 0 Å². The monoisotopic (exact) mass is 250 g/mol. The molecule has 1 saturated carbocycles. The van der Waals surface area contributed by atoms with Crippen LogP contribution in [0.2, 0.25) is 0 Å². The fraction of sp³-hybridized carbons (Fsp3) is 0.857. The average Bonchev–Trinajstić information content (AvgIpc) is 2.30. The molecule has 0 saturated heterocycles. The lowest BCUT2D eigenvalue weighted by atomic mass is 9.60. The largest absolute Gasteiger partial charge is 0.423 e. The molecular weight excluding hydrogens is 228 g/mol. The first kappa shape index (κ1) is 14.7. The van der Waals surface area contributed by atoms with Gasteiger partial charge in [0.15, 0.2) is 0 Å². The Bertz CT molecular complexity index is 366. The maximum absolute atomic E-state index is 10.0. The van der Waals surface area contributed by atoms with Crippen LogP contribution < -0.4 is 0 Å². The van der Waals surface area contributed by atoms with E-state index in [9.17, 15) is 4.79 Å². The summed E-state index contributed by atoms with van der Waals surface area (Å²) in [5.74, 6) is 0. The Hall–Kier alpha value is -1.33. The number of nitrogens with zero attached hydrogens (tertiary/aromatic N) is 2. The Labute approximate surface area is 109 Å². The molecular formula is C14H22N2O2. The van der Waals surface area contributed by atoms with E-state index in [0.29, 0.717) is 6.54 Å². The molecule has 1 fully saturated rings. The highest BCUT2D eigenvalue weighted by Gasteiger charge is 2.48. The first-order valence-electron chi connectivity index (χ1n) is 6.55. The molecule has 1 aliphatic carbocycles. The minimum absolute atomic E-state index is 0.00408. The van der Waals surface area contributed by atoms with Gasteiger partial charge in [0.05, 0.1) is 6.54 Å². The molecule has 1 rings (SSSR count). The predicted molar refractivity (Wildman–Crippen MR) is 68.4 cm³/mol. The van der Waals surface area contributed by atoms with Gasteiger partial charge in [-0.3, -0.25) is 0 Å². The minimum atomic E-state index is -0.0519. The van der Waals surface area contributed by atoms with Gasteiger partial charge >= 0.3 is 0 Å². The molecule has 100 valence electrons. The van der Waals surface area contributed by atoms with Crippen LogP contribution in [0.3, 0.4) is 0 Å². The molecule has 0 aliphatic heterocycles. The molecule has 0 radical (unpaired) electrons. The van der Waals surface area contributed by atoms with E-state index >= 15 is 0 Å². The first-order valence-corrected chi connectivity index (χ1v) is 6.55. The zero-order valence-corrected chi connectivity index (χ0v) is 11.5. The highest BCUT2D eigenvalue weighted by Crippen LogP contribution is 2.50. The molecule has 4 nitrogen and oxygen atoms in total. The first-order chi connectivity index (χ1) is 8.46. The van der Waals surface area contributed by atoms with Crippen LogP contribution in [-0.4, -0.2) is 18.7 Å². The zero-order valence-electron chi connectivity index (χ0n) is 11.5. The molecule has 18 heavy (non-hydrogen) atoms. The van der Waals surface area contributed by atoms with Gasteiger partial charge in [-0.2, -0.15) is 5.26 Å². The fourth-order valence-corrected chi connectivity index (χ4v) is 3.37. The number of nitriles is 1. The van der Waals surface area contributed by atoms with Crippen LogP contribution in [0, 0.1) is 22.3 Å². The third-order valence-electron chi connectivity index (χ3n) is 4.16. The van der Waals surface area contributed by atoms with Gasteiger partial charge in [0.1, 0.15) is 6.10 Å². The number of isocyanates is 1. The Morgan fingerprint density at radius 1 is 1.39 bits per heavy atom. The summed E-state index contributed by atoms with van der Waals surface area (Å²) >= 11 is 0. The summed E-state index contributed by atoms with van der Waals surface area (Å²) < 4.78 is 5.37. The van der Waals surface area contributed by atoms with Crippen molar-refractivity contribution in [2.45, 2.75) is 59.0 Å². The quantitative estimate of drug-likeness (QED) is 0.326.